The predicted octanol–water partition coefficient (Wildman–Crippen LogP) is 5.63. The highest BCUT2D eigenvalue weighted by atomic mass is 19.1. The summed E-state index contributed by atoms with van der Waals surface area (Å²) in [4.78, 5) is 0. The van der Waals surface area contributed by atoms with Crippen LogP contribution in [0.3, 0.4) is 0 Å². The van der Waals surface area contributed by atoms with Crippen molar-refractivity contribution in [2.75, 3.05) is 0 Å². The molecule has 3 atom stereocenters. The summed E-state index contributed by atoms with van der Waals surface area (Å²) >= 11 is 0. The summed E-state index contributed by atoms with van der Waals surface area (Å²) in [6.07, 6.45) is 13.8. The van der Waals surface area contributed by atoms with Crippen molar-refractivity contribution in [3.63, 3.8) is 0 Å². The van der Waals surface area contributed by atoms with E-state index >= 15 is 0 Å². The minimum atomic E-state index is -0.485. The molecule has 0 amide bonds. The van der Waals surface area contributed by atoms with Gasteiger partial charge in [0.05, 0.1) is 0 Å². The molecule has 3 heteroatoms. The molecule has 0 aromatic heterocycles. The maximum atomic E-state index is 14.8. The summed E-state index contributed by atoms with van der Waals surface area (Å²) in [5, 5.41) is 0. The molecular weight excluding hydrogens is 303 g/mol. The number of hydrogen-bond acceptors (Lipinski definition) is 0. The third-order valence-electron chi connectivity index (χ3n) is 7.26. The topological polar surface area (TPSA) is 63.0 Å². The molecule has 0 aromatic carbocycles. The molecule has 0 aromatic rings. The molecule has 3 aliphatic carbocycles. The van der Waals surface area contributed by atoms with Gasteiger partial charge in [-0.15, -0.1) is 0 Å². The van der Waals surface area contributed by atoms with Crippen molar-refractivity contribution in [1.29, 1.82) is 0 Å². The van der Waals surface area contributed by atoms with Gasteiger partial charge in [0.15, 0.2) is 0 Å². The van der Waals surface area contributed by atoms with E-state index in [0.717, 1.165) is 24.2 Å². The highest BCUT2D eigenvalue weighted by molar-refractivity contribution is 4.89. The standard InChI is InChI=1S/C20H35F.CH4.2H2O.H2/c1-14-3-7-16(8-4-14)18-11-12-19(20(21)13-18)17-9-5-15(2)6-10-17;;;;/h14-20H,3-13H2,1-2H3;1H4;2*1H2;1H. The molecule has 3 aliphatic rings. The summed E-state index contributed by atoms with van der Waals surface area (Å²) in [6, 6.07) is 0. The zero-order valence-corrected chi connectivity index (χ0v) is 15.2. The van der Waals surface area contributed by atoms with Crippen LogP contribution in [0.15, 0.2) is 0 Å². The molecule has 0 aliphatic heterocycles. The van der Waals surface area contributed by atoms with Crippen molar-refractivity contribution in [3.8, 4) is 0 Å². The van der Waals surface area contributed by atoms with Gasteiger partial charge in [-0.25, -0.2) is 4.39 Å². The largest absolute Gasteiger partial charge is 0.412 e. The molecule has 0 spiro atoms. The summed E-state index contributed by atoms with van der Waals surface area (Å²) < 4.78 is 14.8. The van der Waals surface area contributed by atoms with Gasteiger partial charge in [0, 0.05) is 1.43 Å². The lowest BCUT2D eigenvalue weighted by Crippen LogP contribution is -2.36. The van der Waals surface area contributed by atoms with E-state index in [2.05, 4.69) is 13.8 Å². The maximum absolute atomic E-state index is 14.8. The van der Waals surface area contributed by atoms with E-state index in [1.165, 1.54) is 64.2 Å². The fourth-order valence-corrected chi connectivity index (χ4v) is 5.60. The molecule has 2 nitrogen and oxygen atoms in total. The van der Waals surface area contributed by atoms with Crippen molar-refractivity contribution in [2.24, 2.45) is 35.5 Å². The minimum Gasteiger partial charge on any atom is -0.412 e. The lowest BCUT2D eigenvalue weighted by atomic mass is 9.64. The molecule has 0 saturated heterocycles. The van der Waals surface area contributed by atoms with Crippen LogP contribution < -0.4 is 0 Å². The number of hydrogen-bond donors (Lipinski definition) is 0. The number of halogens is 1. The molecule has 4 N–H and O–H groups in total. The van der Waals surface area contributed by atoms with Crippen LogP contribution in [0, 0.1) is 35.5 Å². The first-order valence-corrected chi connectivity index (χ1v) is 9.77. The van der Waals surface area contributed by atoms with Gasteiger partial charge in [0.25, 0.3) is 0 Å². The number of rotatable bonds is 2. The Morgan fingerprint density at radius 2 is 1.04 bits per heavy atom. The Morgan fingerprint density at radius 1 is 0.625 bits per heavy atom. The Hall–Kier alpha value is -0.150. The van der Waals surface area contributed by atoms with E-state index in [0.29, 0.717) is 17.8 Å². The van der Waals surface area contributed by atoms with Gasteiger partial charge in [0.1, 0.15) is 6.17 Å². The van der Waals surface area contributed by atoms with Crippen molar-refractivity contribution in [1.82, 2.24) is 0 Å². The van der Waals surface area contributed by atoms with Crippen molar-refractivity contribution in [2.45, 2.75) is 98.1 Å². The van der Waals surface area contributed by atoms with E-state index in [4.69, 9.17) is 0 Å². The summed E-state index contributed by atoms with van der Waals surface area (Å²) in [7, 11) is 0. The van der Waals surface area contributed by atoms with Gasteiger partial charge >= 0.3 is 0 Å². The van der Waals surface area contributed by atoms with E-state index in [-0.39, 0.29) is 19.8 Å². The first kappa shape index (κ1) is 23.9. The van der Waals surface area contributed by atoms with Gasteiger partial charge in [0.2, 0.25) is 0 Å². The summed E-state index contributed by atoms with van der Waals surface area (Å²) in [5.74, 6) is 4.50. The molecule has 24 heavy (non-hydrogen) atoms. The lowest BCUT2D eigenvalue weighted by Gasteiger charge is -2.42. The minimum absolute atomic E-state index is 0. The van der Waals surface area contributed by atoms with E-state index < -0.39 is 6.17 Å². The van der Waals surface area contributed by atoms with Crippen LogP contribution in [-0.4, -0.2) is 17.1 Å². The molecule has 0 radical (unpaired) electrons. The van der Waals surface area contributed by atoms with Crippen LogP contribution >= 0.6 is 0 Å². The Bertz CT molecular complexity index is 326. The third kappa shape index (κ3) is 5.69. The first-order valence-electron chi connectivity index (χ1n) is 9.77. The van der Waals surface area contributed by atoms with Gasteiger partial charge < -0.3 is 11.0 Å². The Kier molecular flexibility index (Phi) is 10.7. The van der Waals surface area contributed by atoms with E-state index in [9.17, 15) is 4.39 Å². The van der Waals surface area contributed by atoms with Crippen LogP contribution in [0.25, 0.3) is 0 Å². The molecule has 3 fully saturated rings. The molecule has 0 heterocycles. The zero-order valence-electron chi connectivity index (χ0n) is 15.2. The Labute approximate surface area is 151 Å². The zero-order chi connectivity index (χ0) is 14.8. The summed E-state index contributed by atoms with van der Waals surface area (Å²) in [6.45, 7) is 4.75. The Balaban J connectivity index is 0. The summed E-state index contributed by atoms with van der Waals surface area (Å²) in [5.41, 5.74) is 0. The van der Waals surface area contributed by atoms with E-state index in [1.54, 1.807) is 0 Å². The van der Waals surface area contributed by atoms with Crippen LogP contribution in [0.4, 0.5) is 4.39 Å². The monoisotopic (exact) mass is 348 g/mol. The second-order valence-electron chi connectivity index (χ2n) is 8.79. The van der Waals surface area contributed by atoms with Crippen LogP contribution in [0.1, 0.15) is 93.3 Å². The number of alkyl halides is 1. The van der Waals surface area contributed by atoms with Crippen LogP contribution in [0.2, 0.25) is 0 Å². The van der Waals surface area contributed by atoms with Gasteiger partial charge in [-0.2, -0.15) is 0 Å². The molecular formula is C21H45FO2. The molecule has 3 rings (SSSR count). The van der Waals surface area contributed by atoms with Crippen LogP contribution in [-0.2, 0) is 0 Å². The molecule has 148 valence electrons. The predicted molar refractivity (Wildman–Crippen MR) is 104 cm³/mol. The fraction of sp³-hybridized carbons (Fsp3) is 1.00. The normalized spacial score (nSPS) is 42.9. The highest BCUT2D eigenvalue weighted by Crippen LogP contribution is 2.46. The highest BCUT2D eigenvalue weighted by Gasteiger charge is 2.39. The molecule has 3 saturated carbocycles. The van der Waals surface area contributed by atoms with Gasteiger partial charge in [-0.3, -0.25) is 0 Å². The second-order valence-corrected chi connectivity index (χ2v) is 8.79. The van der Waals surface area contributed by atoms with Gasteiger partial charge in [-0.1, -0.05) is 47.0 Å². The third-order valence-corrected chi connectivity index (χ3v) is 7.26. The molecule has 3 unspecified atom stereocenters. The lowest BCUT2D eigenvalue weighted by molar-refractivity contribution is 0.0349. The van der Waals surface area contributed by atoms with Crippen molar-refractivity contribution >= 4 is 0 Å². The first-order chi connectivity index (χ1) is 10.1. The Morgan fingerprint density at radius 3 is 1.50 bits per heavy atom. The van der Waals surface area contributed by atoms with Crippen molar-refractivity contribution < 1.29 is 16.8 Å². The molecule has 0 bridgehead atoms. The average Bonchev–Trinajstić information content (AvgIpc) is 2.49. The second kappa shape index (κ2) is 10.8. The maximum Gasteiger partial charge on any atom is 0.103 e. The SMILES string of the molecule is C.CC1CCC(C2CCC(C3CCC(C)CC3)C(F)C2)CC1.O.O.[HH]. The van der Waals surface area contributed by atoms with Crippen molar-refractivity contribution in [3.05, 3.63) is 0 Å². The average molecular weight is 349 g/mol. The fourth-order valence-electron chi connectivity index (χ4n) is 5.60. The van der Waals surface area contributed by atoms with E-state index in [1.807, 2.05) is 0 Å². The smallest absolute Gasteiger partial charge is 0.103 e. The van der Waals surface area contributed by atoms with Gasteiger partial charge in [-0.05, 0) is 80.5 Å². The quantitative estimate of drug-likeness (QED) is 0.621. The van der Waals surface area contributed by atoms with Crippen LogP contribution in [0.5, 0.6) is 0 Å².